The lowest BCUT2D eigenvalue weighted by molar-refractivity contribution is 0.221. The Morgan fingerprint density at radius 1 is 0.632 bits per heavy atom. The lowest BCUT2D eigenvalue weighted by Crippen LogP contribution is -2.11. The average Bonchev–Trinajstić information content (AvgIpc) is 3.28. The summed E-state index contributed by atoms with van der Waals surface area (Å²) < 4.78 is 16.8. The summed E-state index contributed by atoms with van der Waals surface area (Å²) in [5, 5.41) is 51.4. The summed E-state index contributed by atoms with van der Waals surface area (Å²) in [7, 11) is 2.92. The van der Waals surface area contributed by atoms with E-state index in [1.54, 1.807) is 42.5 Å². The van der Waals surface area contributed by atoms with Crippen LogP contribution in [0, 0.1) is 0 Å². The number of rotatable bonds is 6. The minimum Gasteiger partial charge on any atom is -0.508 e. The van der Waals surface area contributed by atoms with Crippen molar-refractivity contribution in [2.75, 3.05) is 14.2 Å². The molecule has 0 amide bonds. The molecule has 5 N–H and O–H groups in total. The largest absolute Gasteiger partial charge is 0.508 e. The molecule has 194 valence electrons. The van der Waals surface area contributed by atoms with Crippen molar-refractivity contribution in [3.8, 4) is 46.0 Å². The third-order valence-electron chi connectivity index (χ3n) is 6.50. The molecule has 2 atom stereocenters. The molecule has 0 radical (unpaired) electrons. The number of hydrogen-bond acceptors (Lipinski definition) is 8. The van der Waals surface area contributed by atoms with E-state index in [2.05, 4.69) is 0 Å². The highest BCUT2D eigenvalue weighted by atomic mass is 16.5. The lowest BCUT2D eigenvalue weighted by Gasteiger charge is -2.21. The molecular formula is C30H26O8. The van der Waals surface area contributed by atoms with Gasteiger partial charge in [-0.25, -0.2) is 0 Å². The van der Waals surface area contributed by atoms with Crippen LogP contribution < -0.4 is 14.2 Å². The third kappa shape index (κ3) is 4.59. The number of phenolic OH excluding ortho intramolecular Hbond substituents is 5. The first kappa shape index (κ1) is 24.7. The van der Waals surface area contributed by atoms with Crippen LogP contribution in [0.3, 0.4) is 0 Å². The Labute approximate surface area is 218 Å². The molecule has 0 spiro atoms. The maximum absolute atomic E-state index is 11.2. The van der Waals surface area contributed by atoms with Gasteiger partial charge in [-0.2, -0.15) is 0 Å². The van der Waals surface area contributed by atoms with Gasteiger partial charge in [0.25, 0.3) is 0 Å². The number of aromatic hydroxyl groups is 5. The van der Waals surface area contributed by atoms with E-state index >= 15 is 0 Å². The number of methoxy groups -OCH3 is 2. The Bertz CT molecular complexity index is 1520. The number of fused-ring (bicyclic) bond motifs is 1. The fourth-order valence-electron chi connectivity index (χ4n) is 4.76. The lowest BCUT2D eigenvalue weighted by atomic mass is 9.84. The van der Waals surface area contributed by atoms with Crippen LogP contribution >= 0.6 is 0 Å². The number of ether oxygens (including phenoxy) is 3. The van der Waals surface area contributed by atoms with Crippen LogP contribution in [0.1, 0.15) is 39.8 Å². The van der Waals surface area contributed by atoms with Crippen molar-refractivity contribution in [1.82, 2.24) is 0 Å². The summed E-state index contributed by atoms with van der Waals surface area (Å²) in [6.45, 7) is 0. The number of benzene rings is 4. The van der Waals surface area contributed by atoms with Gasteiger partial charge in [-0.05, 0) is 70.8 Å². The van der Waals surface area contributed by atoms with Crippen molar-refractivity contribution < 1.29 is 39.7 Å². The van der Waals surface area contributed by atoms with Gasteiger partial charge in [0.2, 0.25) is 0 Å². The molecule has 0 saturated heterocycles. The standard InChI is InChI=1S/C30H26O8/c1-36-25-10-16(5-7-22(25)33)3-4-17-9-24(35)29-27(11-17)38-30(18-6-8-23(34)26(14-18)37-2)28(29)19-12-20(31)15-21(32)13-19/h3-15,28,30-35H,1-2H3/b4-3+. The van der Waals surface area contributed by atoms with Gasteiger partial charge in [0, 0.05) is 11.6 Å². The Balaban J connectivity index is 1.58. The molecular weight excluding hydrogens is 488 g/mol. The average molecular weight is 515 g/mol. The van der Waals surface area contributed by atoms with Gasteiger partial charge >= 0.3 is 0 Å². The van der Waals surface area contributed by atoms with E-state index in [1.165, 1.54) is 44.6 Å². The summed E-state index contributed by atoms with van der Waals surface area (Å²) in [6, 6.07) is 17.4. The van der Waals surface area contributed by atoms with Gasteiger partial charge in [0.05, 0.1) is 20.1 Å². The van der Waals surface area contributed by atoms with Crippen LogP contribution in [0.4, 0.5) is 0 Å². The minimum absolute atomic E-state index is 0.0217. The number of phenols is 5. The molecule has 5 rings (SSSR count). The van der Waals surface area contributed by atoms with Gasteiger partial charge in [-0.1, -0.05) is 24.3 Å². The second kappa shape index (κ2) is 9.82. The number of hydrogen-bond donors (Lipinski definition) is 5. The van der Waals surface area contributed by atoms with E-state index in [0.29, 0.717) is 33.8 Å². The second-order valence-corrected chi connectivity index (χ2v) is 8.95. The maximum atomic E-state index is 11.2. The summed E-state index contributed by atoms with van der Waals surface area (Å²) >= 11 is 0. The molecule has 1 heterocycles. The molecule has 4 aromatic rings. The van der Waals surface area contributed by atoms with Gasteiger partial charge in [-0.15, -0.1) is 0 Å². The first-order valence-electron chi connectivity index (χ1n) is 11.8. The molecule has 4 aromatic carbocycles. The molecule has 0 fully saturated rings. The van der Waals surface area contributed by atoms with Crippen molar-refractivity contribution in [3.05, 3.63) is 94.5 Å². The molecule has 0 bridgehead atoms. The smallest absolute Gasteiger partial charge is 0.161 e. The van der Waals surface area contributed by atoms with Crippen molar-refractivity contribution in [1.29, 1.82) is 0 Å². The SMILES string of the molecule is COc1cc(/C=C/c2cc(O)c3c(c2)OC(c2ccc(O)c(OC)c2)C3c2cc(O)cc(O)c2)ccc1O. The third-order valence-corrected chi connectivity index (χ3v) is 6.50. The highest BCUT2D eigenvalue weighted by molar-refractivity contribution is 5.74. The summed E-state index contributed by atoms with van der Waals surface area (Å²) in [6.07, 6.45) is 2.94. The van der Waals surface area contributed by atoms with Crippen LogP contribution in [-0.2, 0) is 0 Å². The molecule has 1 aliphatic heterocycles. The van der Waals surface area contributed by atoms with E-state index in [9.17, 15) is 25.5 Å². The van der Waals surface area contributed by atoms with E-state index < -0.39 is 12.0 Å². The van der Waals surface area contributed by atoms with E-state index in [1.807, 2.05) is 6.08 Å². The Morgan fingerprint density at radius 3 is 1.95 bits per heavy atom. The molecule has 0 aromatic heterocycles. The monoisotopic (exact) mass is 514 g/mol. The predicted molar refractivity (Wildman–Crippen MR) is 141 cm³/mol. The first-order chi connectivity index (χ1) is 18.3. The minimum atomic E-state index is -0.660. The summed E-state index contributed by atoms with van der Waals surface area (Å²) in [5.74, 6) is 0.181. The summed E-state index contributed by atoms with van der Waals surface area (Å²) in [4.78, 5) is 0. The highest BCUT2D eigenvalue weighted by Crippen LogP contribution is 2.54. The Hall–Kier alpha value is -4.98. The molecule has 38 heavy (non-hydrogen) atoms. The normalized spacial score (nSPS) is 16.3. The van der Waals surface area contributed by atoms with Crippen molar-refractivity contribution in [2.45, 2.75) is 12.0 Å². The quantitative estimate of drug-likeness (QED) is 0.208. The molecule has 8 nitrogen and oxygen atoms in total. The van der Waals surface area contributed by atoms with Crippen LogP contribution in [0.15, 0.2) is 66.7 Å². The second-order valence-electron chi connectivity index (χ2n) is 8.95. The first-order valence-corrected chi connectivity index (χ1v) is 11.8. The Kier molecular flexibility index (Phi) is 6.38. The Morgan fingerprint density at radius 2 is 1.26 bits per heavy atom. The zero-order valence-electron chi connectivity index (χ0n) is 20.6. The van der Waals surface area contributed by atoms with Crippen molar-refractivity contribution >= 4 is 12.2 Å². The van der Waals surface area contributed by atoms with Crippen molar-refractivity contribution in [2.24, 2.45) is 0 Å². The van der Waals surface area contributed by atoms with Crippen LogP contribution in [0.2, 0.25) is 0 Å². The summed E-state index contributed by atoms with van der Waals surface area (Å²) in [5.41, 5.74) is 3.14. The maximum Gasteiger partial charge on any atom is 0.161 e. The van der Waals surface area contributed by atoms with Crippen LogP contribution in [0.25, 0.3) is 12.2 Å². The molecule has 8 heteroatoms. The molecule has 2 unspecified atom stereocenters. The zero-order valence-corrected chi connectivity index (χ0v) is 20.6. The highest BCUT2D eigenvalue weighted by Gasteiger charge is 2.40. The van der Waals surface area contributed by atoms with E-state index in [0.717, 1.165) is 5.56 Å². The van der Waals surface area contributed by atoms with E-state index in [-0.39, 0.29) is 34.5 Å². The fourth-order valence-corrected chi connectivity index (χ4v) is 4.76. The molecule has 0 aliphatic carbocycles. The fraction of sp³-hybridized carbons (Fsp3) is 0.133. The van der Waals surface area contributed by atoms with Gasteiger partial charge in [0.1, 0.15) is 29.1 Å². The zero-order chi connectivity index (χ0) is 27.0. The van der Waals surface area contributed by atoms with Crippen LogP contribution in [0.5, 0.6) is 46.0 Å². The molecule has 0 saturated carbocycles. The molecule has 1 aliphatic rings. The van der Waals surface area contributed by atoms with Gasteiger partial charge in [-0.3, -0.25) is 0 Å². The van der Waals surface area contributed by atoms with Crippen LogP contribution in [-0.4, -0.2) is 39.8 Å². The topological polar surface area (TPSA) is 129 Å². The predicted octanol–water partition coefficient (Wildman–Crippen LogP) is 5.67. The van der Waals surface area contributed by atoms with E-state index in [4.69, 9.17) is 14.2 Å². The van der Waals surface area contributed by atoms with Gasteiger partial charge in [0.15, 0.2) is 23.0 Å². The van der Waals surface area contributed by atoms with Crippen molar-refractivity contribution in [3.63, 3.8) is 0 Å². The van der Waals surface area contributed by atoms with Gasteiger partial charge < -0.3 is 39.7 Å².